The molecule has 5 rings (SSSR count). The van der Waals surface area contributed by atoms with Crippen LogP contribution >= 0.6 is 0 Å². The molecule has 0 saturated heterocycles. The standard InChI is InChI=1S/C26H27NO3/c1-30-26(29)18-13-14-21-22(16-18)27-15-7-12-23(28)19-10-5-6-11-20(19)25(27)24(21)17-8-3-2-4-9-17/h5-6,10-11,13-14,16-17H,2-4,7-9,12,15H2,1H3. The van der Waals surface area contributed by atoms with Gasteiger partial charge in [-0.15, -0.1) is 0 Å². The van der Waals surface area contributed by atoms with E-state index in [1.54, 1.807) is 0 Å². The second kappa shape index (κ2) is 7.75. The van der Waals surface area contributed by atoms with E-state index in [1.165, 1.54) is 55.9 Å². The Morgan fingerprint density at radius 1 is 1.00 bits per heavy atom. The molecule has 30 heavy (non-hydrogen) atoms. The number of nitrogens with zero attached hydrogens (tertiary/aromatic N) is 1. The first-order valence-corrected chi connectivity index (χ1v) is 11.1. The summed E-state index contributed by atoms with van der Waals surface area (Å²) >= 11 is 0. The van der Waals surface area contributed by atoms with Gasteiger partial charge in [-0.05, 0) is 42.9 Å². The zero-order valence-corrected chi connectivity index (χ0v) is 17.4. The molecule has 0 amide bonds. The first-order chi connectivity index (χ1) is 14.7. The van der Waals surface area contributed by atoms with E-state index in [0.29, 0.717) is 17.9 Å². The predicted octanol–water partition coefficient (Wildman–Crippen LogP) is 6.12. The first-order valence-electron chi connectivity index (χ1n) is 11.1. The van der Waals surface area contributed by atoms with Gasteiger partial charge in [-0.2, -0.15) is 0 Å². The van der Waals surface area contributed by atoms with Crippen molar-refractivity contribution in [2.24, 2.45) is 0 Å². The van der Waals surface area contributed by atoms with Crippen molar-refractivity contribution in [3.8, 4) is 11.3 Å². The number of Topliss-reactive ketones (excluding diaryl/α,β-unsaturated/α-hetero) is 1. The largest absolute Gasteiger partial charge is 0.465 e. The molecule has 154 valence electrons. The van der Waals surface area contributed by atoms with Gasteiger partial charge in [0.2, 0.25) is 0 Å². The van der Waals surface area contributed by atoms with Crippen LogP contribution in [0, 0.1) is 0 Å². The van der Waals surface area contributed by atoms with Gasteiger partial charge in [-0.1, -0.05) is 49.6 Å². The van der Waals surface area contributed by atoms with Gasteiger partial charge >= 0.3 is 5.97 Å². The summed E-state index contributed by atoms with van der Waals surface area (Å²) in [5, 5.41) is 1.22. The van der Waals surface area contributed by atoms with Gasteiger partial charge in [-0.25, -0.2) is 4.79 Å². The van der Waals surface area contributed by atoms with E-state index in [-0.39, 0.29) is 11.8 Å². The van der Waals surface area contributed by atoms with Crippen LogP contribution in [0.5, 0.6) is 0 Å². The number of aromatic nitrogens is 1. The number of carbonyl (C=O) groups excluding carboxylic acids is 2. The van der Waals surface area contributed by atoms with Gasteiger partial charge in [0.1, 0.15) is 0 Å². The number of ketones is 1. The van der Waals surface area contributed by atoms with E-state index < -0.39 is 0 Å². The number of esters is 1. The molecule has 0 spiro atoms. The first kappa shape index (κ1) is 19.1. The van der Waals surface area contributed by atoms with Crippen LogP contribution in [0.15, 0.2) is 42.5 Å². The smallest absolute Gasteiger partial charge is 0.337 e. The molecule has 0 N–H and O–H groups in total. The molecule has 1 aromatic heterocycles. The van der Waals surface area contributed by atoms with Crippen LogP contribution < -0.4 is 0 Å². The third-order valence-electron chi connectivity index (χ3n) is 6.81. The van der Waals surface area contributed by atoms with Crippen molar-refractivity contribution in [2.75, 3.05) is 7.11 Å². The third-order valence-corrected chi connectivity index (χ3v) is 6.81. The van der Waals surface area contributed by atoms with E-state index >= 15 is 0 Å². The molecule has 2 aromatic carbocycles. The van der Waals surface area contributed by atoms with Crippen molar-refractivity contribution < 1.29 is 14.3 Å². The summed E-state index contributed by atoms with van der Waals surface area (Å²) in [5.74, 6) is 0.407. The summed E-state index contributed by atoms with van der Waals surface area (Å²) in [6, 6.07) is 14.0. The van der Waals surface area contributed by atoms with Crippen molar-refractivity contribution in [1.82, 2.24) is 4.57 Å². The van der Waals surface area contributed by atoms with Crippen molar-refractivity contribution in [2.45, 2.75) is 57.4 Å². The number of ether oxygens (including phenoxy) is 1. The van der Waals surface area contributed by atoms with Crippen LogP contribution in [0.2, 0.25) is 0 Å². The lowest BCUT2D eigenvalue weighted by Gasteiger charge is -2.25. The van der Waals surface area contributed by atoms with Crippen LogP contribution in [0.3, 0.4) is 0 Å². The molecule has 0 unspecified atom stereocenters. The number of hydrogen-bond donors (Lipinski definition) is 0. The fraction of sp³-hybridized carbons (Fsp3) is 0.385. The summed E-state index contributed by atoms with van der Waals surface area (Å²) in [7, 11) is 1.42. The maximum atomic E-state index is 12.9. The molecule has 0 atom stereocenters. The highest BCUT2D eigenvalue weighted by Crippen LogP contribution is 2.45. The van der Waals surface area contributed by atoms with Crippen molar-refractivity contribution in [3.05, 3.63) is 59.2 Å². The molecule has 2 aliphatic rings. The lowest BCUT2D eigenvalue weighted by atomic mass is 9.81. The molecule has 2 heterocycles. The monoisotopic (exact) mass is 401 g/mol. The number of aryl methyl sites for hydroxylation is 1. The fourth-order valence-corrected chi connectivity index (χ4v) is 5.41. The number of carbonyl (C=O) groups is 2. The minimum Gasteiger partial charge on any atom is -0.465 e. The maximum Gasteiger partial charge on any atom is 0.337 e. The van der Waals surface area contributed by atoms with Crippen molar-refractivity contribution >= 4 is 22.7 Å². The van der Waals surface area contributed by atoms with Gasteiger partial charge in [-0.3, -0.25) is 4.79 Å². The van der Waals surface area contributed by atoms with Crippen molar-refractivity contribution in [3.63, 3.8) is 0 Å². The average Bonchev–Trinajstić information content (AvgIpc) is 3.11. The zero-order chi connectivity index (χ0) is 20.7. The van der Waals surface area contributed by atoms with Gasteiger partial charge in [0.05, 0.1) is 18.4 Å². The van der Waals surface area contributed by atoms with Gasteiger partial charge in [0.15, 0.2) is 5.78 Å². The molecule has 3 aromatic rings. The van der Waals surface area contributed by atoms with Gasteiger partial charge < -0.3 is 9.30 Å². The Morgan fingerprint density at radius 2 is 1.77 bits per heavy atom. The van der Waals surface area contributed by atoms with E-state index in [0.717, 1.165) is 29.6 Å². The summed E-state index contributed by atoms with van der Waals surface area (Å²) in [6.07, 6.45) is 7.51. The molecule has 1 aliphatic heterocycles. The number of rotatable bonds is 2. The molecule has 1 fully saturated rings. The summed E-state index contributed by atoms with van der Waals surface area (Å²) in [5.41, 5.74) is 6.07. The third kappa shape index (κ3) is 3.06. The van der Waals surface area contributed by atoms with E-state index in [9.17, 15) is 9.59 Å². The molecule has 0 radical (unpaired) electrons. The number of hydrogen-bond acceptors (Lipinski definition) is 3. The van der Waals surface area contributed by atoms with Crippen molar-refractivity contribution in [1.29, 1.82) is 0 Å². The van der Waals surface area contributed by atoms with E-state index in [4.69, 9.17) is 4.74 Å². The van der Waals surface area contributed by atoms with Gasteiger partial charge in [0, 0.05) is 35.0 Å². The lowest BCUT2D eigenvalue weighted by Crippen LogP contribution is -2.13. The predicted molar refractivity (Wildman–Crippen MR) is 118 cm³/mol. The van der Waals surface area contributed by atoms with Crippen LogP contribution in [-0.4, -0.2) is 23.4 Å². The molecule has 4 heteroatoms. The minimum absolute atomic E-state index is 0.229. The Hall–Kier alpha value is -2.88. The molecule has 1 saturated carbocycles. The molecule has 4 nitrogen and oxygen atoms in total. The Bertz CT molecular complexity index is 1130. The minimum atomic E-state index is -0.312. The van der Waals surface area contributed by atoms with Crippen LogP contribution in [-0.2, 0) is 11.3 Å². The lowest BCUT2D eigenvalue weighted by molar-refractivity contribution is 0.0600. The summed E-state index contributed by atoms with van der Waals surface area (Å²) in [6.45, 7) is 0.781. The topological polar surface area (TPSA) is 48.3 Å². The van der Waals surface area contributed by atoms with E-state index in [2.05, 4.69) is 16.7 Å². The molecule has 0 bridgehead atoms. The summed E-state index contributed by atoms with van der Waals surface area (Å²) in [4.78, 5) is 25.1. The number of methoxy groups -OCH3 is 1. The average molecular weight is 402 g/mol. The highest BCUT2D eigenvalue weighted by molar-refractivity contribution is 6.05. The number of fused-ring (bicyclic) bond motifs is 5. The molecular weight excluding hydrogens is 374 g/mol. The quantitative estimate of drug-likeness (QED) is 0.486. The van der Waals surface area contributed by atoms with Crippen LogP contribution in [0.25, 0.3) is 22.2 Å². The van der Waals surface area contributed by atoms with E-state index in [1.807, 2.05) is 30.3 Å². The SMILES string of the molecule is COC(=O)c1ccc2c(C3CCCCC3)c3n(c2c1)CCCC(=O)c1ccccc1-3. The Morgan fingerprint density at radius 3 is 2.53 bits per heavy atom. The highest BCUT2D eigenvalue weighted by atomic mass is 16.5. The highest BCUT2D eigenvalue weighted by Gasteiger charge is 2.29. The van der Waals surface area contributed by atoms with Crippen LogP contribution in [0.4, 0.5) is 0 Å². The second-order valence-corrected chi connectivity index (χ2v) is 8.54. The van der Waals surface area contributed by atoms with Gasteiger partial charge in [0.25, 0.3) is 0 Å². The Labute approximate surface area is 176 Å². The zero-order valence-electron chi connectivity index (χ0n) is 17.4. The normalized spacial score (nSPS) is 17.2. The second-order valence-electron chi connectivity index (χ2n) is 8.54. The number of benzene rings is 2. The Balaban J connectivity index is 1.84. The van der Waals surface area contributed by atoms with Crippen LogP contribution in [0.1, 0.15) is 77.1 Å². The fourth-order valence-electron chi connectivity index (χ4n) is 5.41. The summed E-state index contributed by atoms with van der Waals surface area (Å²) < 4.78 is 7.33. The molecular formula is C26H27NO3. The maximum absolute atomic E-state index is 12.9. The Kier molecular flexibility index (Phi) is 4.93. The molecule has 1 aliphatic carbocycles.